The van der Waals surface area contributed by atoms with Gasteiger partial charge >= 0.3 is 5.97 Å². The molecular weight excluding hydrogens is 426 g/mol. The Morgan fingerprint density at radius 2 is 1.82 bits per heavy atom. The number of carbonyl (C=O) groups excluding carboxylic acids is 1. The first-order chi connectivity index (χ1) is 16.0. The molecule has 0 saturated heterocycles. The van der Waals surface area contributed by atoms with Crippen LogP contribution in [0.15, 0.2) is 84.0 Å². The molecule has 0 amide bonds. The highest BCUT2D eigenvalue weighted by Gasteiger charge is 2.08. The van der Waals surface area contributed by atoms with Crippen LogP contribution in [0.3, 0.4) is 0 Å². The summed E-state index contributed by atoms with van der Waals surface area (Å²) in [5, 5.41) is 14.3. The second-order valence-corrected chi connectivity index (χ2v) is 6.70. The molecule has 2 N–H and O–H groups in total. The molecule has 0 spiro atoms. The van der Waals surface area contributed by atoms with Crippen LogP contribution in [0.1, 0.15) is 16.7 Å². The zero-order valence-electron chi connectivity index (χ0n) is 17.7. The summed E-state index contributed by atoms with van der Waals surface area (Å²) in [6, 6.07) is 20.2. The predicted molar refractivity (Wildman–Crippen MR) is 123 cm³/mol. The molecule has 0 aromatic heterocycles. The fraction of sp³-hybridized carbons (Fsp3) is 0.0833. The molecule has 0 atom stereocenters. The molecule has 3 aromatic rings. The minimum Gasteiger partial charge on any atom is -0.496 e. The van der Waals surface area contributed by atoms with Gasteiger partial charge in [-0.25, -0.2) is 4.79 Å². The molecule has 0 saturated carbocycles. The van der Waals surface area contributed by atoms with Crippen molar-refractivity contribution in [1.29, 1.82) is 0 Å². The minimum atomic E-state index is -0.738. The fourth-order valence-electron chi connectivity index (χ4n) is 2.79. The lowest BCUT2D eigenvalue weighted by atomic mass is 10.1. The second-order valence-electron chi connectivity index (χ2n) is 6.70. The molecule has 3 rings (SSSR count). The largest absolute Gasteiger partial charge is 0.496 e. The van der Waals surface area contributed by atoms with E-state index >= 15 is 0 Å². The summed E-state index contributed by atoms with van der Waals surface area (Å²) in [6.45, 7) is 0.287. The molecule has 0 aliphatic heterocycles. The number of benzene rings is 3. The molecule has 0 fully saturated rings. The van der Waals surface area contributed by atoms with Crippen molar-refractivity contribution < 1.29 is 24.0 Å². The first-order valence-corrected chi connectivity index (χ1v) is 9.78. The number of nitrogens with zero attached hydrogens (tertiary/aromatic N) is 2. The number of non-ortho nitro benzene ring substituents is 1. The van der Waals surface area contributed by atoms with Crippen LogP contribution in [0.4, 0.5) is 5.69 Å². The third kappa shape index (κ3) is 6.66. The van der Waals surface area contributed by atoms with E-state index in [-0.39, 0.29) is 18.1 Å². The van der Waals surface area contributed by atoms with Crippen LogP contribution in [0.2, 0.25) is 0 Å². The van der Waals surface area contributed by atoms with Crippen LogP contribution in [-0.4, -0.2) is 23.8 Å². The van der Waals surface area contributed by atoms with E-state index in [1.165, 1.54) is 30.3 Å². The highest BCUT2D eigenvalue weighted by Crippen LogP contribution is 2.23. The van der Waals surface area contributed by atoms with Gasteiger partial charge in [-0.3, -0.25) is 10.1 Å². The van der Waals surface area contributed by atoms with E-state index in [4.69, 9.17) is 20.0 Å². The van der Waals surface area contributed by atoms with Crippen molar-refractivity contribution in [3.05, 3.63) is 106 Å². The van der Waals surface area contributed by atoms with Gasteiger partial charge in [0.2, 0.25) is 0 Å². The number of nitro benzene ring substituents is 1. The van der Waals surface area contributed by atoms with Crippen LogP contribution in [0.25, 0.3) is 6.08 Å². The van der Waals surface area contributed by atoms with E-state index in [0.717, 1.165) is 16.9 Å². The SMILES string of the molecule is COc1ccc(/C=C\C(=O)O/N=C(\N)c2ccc([N+](=O)[O-])cc2)cc1COc1ccccc1. The molecule has 9 nitrogen and oxygen atoms in total. The first kappa shape index (κ1) is 23.0. The zero-order chi connectivity index (χ0) is 23.6. The lowest BCUT2D eigenvalue weighted by molar-refractivity contribution is -0.384. The number of amidine groups is 1. The second kappa shape index (κ2) is 11.1. The Balaban J connectivity index is 1.62. The van der Waals surface area contributed by atoms with Crippen LogP contribution >= 0.6 is 0 Å². The van der Waals surface area contributed by atoms with E-state index in [9.17, 15) is 14.9 Å². The van der Waals surface area contributed by atoms with Crippen molar-refractivity contribution in [3.8, 4) is 11.5 Å². The summed E-state index contributed by atoms with van der Waals surface area (Å²) in [5.41, 5.74) is 7.59. The van der Waals surface area contributed by atoms with Crippen LogP contribution < -0.4 is 15.2 Å². The number of ether oxygens (including phenoxy) is 2. The summed E-state index contributed by atoms with van der Waals surface area (Å²) in [5.74, 6) is 0.563. The average Bonchev–Trinajstić information content (AvgIpc) is 2.85. The standard InChI is InChI=1S/C24H21N3O6/c1-31-22-13-7-17(15-19(22)16-32-21-5-3-2-4-6-21)8-14-23(28)33-26-24(25)18-9-11-20(12-10-18)27(29)30/h2-15H,16H2,1H3,(H2,25,26)/b14-8-. The van der Waals surface area contributed by atoms with Gasteiger partial charge in [0.05, 0.1) is 12.0 Å². The Kier molecular flexibility index (Phi) is 7.74. The third-order valence-corrected chi connectivity index (χ3v) is 4.46. The average molecular weight is 447 g/mol. The van der Waals surface area contributed by atoms with Gasteiger partial charge in [-0.2, -0.15) is 0 Å². The number of nitro groups is 1. The third-order valence-electron chi connectivity index (χ3n) is 4.46. The van der Waals surface area contributed by atoms with Crippen molar-refractivity contribution in [2.75, 3.05) is 7.11 Å². The van der Waals surface area contributed by atoms with Crippen molar-refractivity contribution in [3.63, 3.8) is 0 Å². The summed E-state index contributed by atoms with van der Waals surface area (Å²) in [7, 11) is 1.57. The number of para-hydroxylation sites is 1. The van der Waals surface area contributed by atoms with Crippen LogP contribution in [0, 0.1) is 10.1 Å². The highest BCUT2D eigenvalue weighted by atomic mass is 16.7. The van der Waals surface area contributed by atoms with Gasteiger partial charge in [0.25, 0.3) is 5.69 Å². The minimum absolute atomic E-state index is 0.0838. The predicted octanol–water partition coefficient (Wildman–Crippen LogP) is 4.06. The number of methoxy groups -OCH3 is 1. The number of oxime groups is 1. The van der Waals surface area contributed by atoms with Crippen molar-refractivity contribution in [2.24, 2.45) is 10.9 Å². The lowest BCUT2D eigenvalue weighted by Crippen LogP contribution is -2.14. The van der Waals surface area contributed by atoms with Crippen LogP contribution in [0.5, 0.6) is 11.5 Å². The summed E-state index contributed by atoms with van der Waals surface area (Å²) in [4.78, 5) is 27.0. The molecule has 0 aliphatic carbocycles. The van der Waals surface area contributed by atoms with E-state index in [1.54, 1.807) is 25.3 Å². The number of rotatable bonds is 9. The monoisotopic (exact) mass is 447 g/mol. The summed E-state index contributed by atoms with van der Waals surface area (Å²) >= 11 is 0. The van der Waals surface area contributed by atoms with Crippen molar-refractivity contribution >= 4 is 23.6 Å². The molecule has 0 heterocycles. The number of hydrogen-bond acceptors (Lipinski definition) is 7. The van der Waals surface area contributed by atoms with Crippen molar-refractivity contribution in [1.82, 2.24) is 0 Å². The molecule has 0 aliphatic rings. The fourth-order valence-corrected chi connectivity index (χ4v) is 2.79. The highest BCUT2D eigenvalue weighted by molar-refractivity contribution is 5.98. The zero-order valence-corrected chi connectivity index (χ0v) is 17.7. The Bertz CT molecular complexity index is 1170. The number of carbonyl (C=O) groups is 1. The maximum Gasteiger partial charge on any atom is 0.358 e. The Labute approximate surface area is 189 Å². The summed E-state index contributed by atoms with van der Waals surface area (Å²) < 4.78 is 11.2. The quantitative estimate of drug-likeness (QED) is 0.131. The maximum absolute atomic E-state index is 12.0. The van der Waals surface area contributed by atoms with E-state index in [2.05, 4.69) is 5.16 Å². The molecule has 0 radical (unpaired) electrons. The molecule has 0 bridgehead atoms. The van der Waals surface area contributed by atoms with E-state index < -0.39 is 10.9 Å². The normalized spacial score (nSPS) is 11.2. The van der Waals surface area contributed by atoms with Gasteiger partial charge < -0.3 is 20.0 Å². The molecule has 168 valence electrons. The Morgan fingerprint density at radius 3 is 2.48 bits per heavy atom. The van der Waals surface area contributed by atoms with Gasteiger partial charge in [0, 0.05) is 29.3 Å². The molecule has 9 heteroatoms. The summed E-state index contributed by atoms with van der Waals surface area (Å²) in [6.07, 6.45) is 2.77. The Hall–Kier alpha value is -4.66. The maximum atomic E-state index is 12.0. The van der Waals surface area contributed by atoms with Gasteiger partial charge in [-0.05, 0) is 48.0 Å². The molecule has 0 unspecified atom stereocenters. The van der Waals surface area contributed by atoms with Crippen molar-refractivity contribution in [2.45, 2.75) is 6.61 Å². The molecule has 3 aromatic carbocycles. The Morgan fingerprint density at radius 1 is 1.09 bits per heavy atom. The van der Waals surface area contributed by atoms with Gasteiger partial charge in [0.1, 0.15) is 18.1 Å². The number of nitrogens with two attached hydrogens (primary N) is 1. The van der Waals surface area contributed by atoms with Crippen LogP contribution in [-0.2, 0) is 16.2 Å². The smallest absolute Gasteiger partial charge is 0.358 e. The lowest BCUT2D eigenvalue weighted by Gasteiger charge is -2.11. The van der Waals surface area contributed by atoms with Gasteiger partial charge in [-0.15, -0.1) is 0 Å². The van der Waals surface area contributed by atoms with Gasteiger partial charge in [0.15, 0.2) is 5.84 Å². The van der Waals surface area contributed by atoms with E-state index in [1.807, 2.05) is 36.4 Å². The van der Waals surface area contributed by atoms with E-state index in [0.29, 0.717) is 11.3 Å². The molecular formula is C24H21N3O6. The van der Waals surface area contributed by atoms with Gasteiger partial charge in [-0.1, -0.05) is 29.4 Å². The molecule has 33 heavy (non-hydrogen) atoms. The first-order valence-electron chi connectivity index (χ1n) is 9.78. The number of hydrogen-bond donors (Lipinski definition) is 1. The topological polar surface area (TPSA) is 126 Å².